The average molecular weight is 319 g/mol. The van der Waals surface area contributed by atoms with Gasteiger partial charge in [-0.2, -0.15) is 0 Å². The topological polar surface area (TPSA) is 32.3 Å². The zero-order chi connectivity index (χ0) is 14.7. The van der Waals surface area contributed by atoms with Crippen LogP contribution >= 0.6 is 12.4 Å². The van der Waals surface area contributed by atoms with E-state index in [1.54, 1.807) is 0 Å². The summed E-state index contributed by atoms with van der Waals surface area (Å²) in [5.41, 5.74) is 1.13. The number of benzene rings is 2. The van der Waals surface area contributed by atoms with E-state index in [2.05, 4.69) is 29.6 Å². The molecule has 4 heteroatoms. The van der Waals surface area contributed by atoms with Crippen LogP contribution in [-0.4, -0.2) is 37.0 Å². The van der Waals surface area contributed by atoms with Crippen LogP contribution < -0.4 is 5.32 Å². The maximum atomic E-state index is 12.5. The molecule has 0 unspecified atom stereocenters. The van der Waals surface area contributed by atoms with E-state index in [9.17, 15) is 4.79 Å². The summed E-state index contributed by atoms with van der Waals surface area (Å²) in [4.78, 5) is 14.5. The molecule has 0 saturated carbocycles. The highest BCUT2D eigenvalue weighted by molar-refractivity contribution is 5.90. The van der Waals surface area contributed by atoms with Gasteiger partial charge in [-0.25, -0.2) is 0 Å². The molecule has 1 N–H and O–H groups in total. The van der Waals surface area contributed by atoms with Crippen LogP contribution in [0.25, 0.3) is 10.8 Å². The first-order chi connectivity index (χ1) is 10.3. The van der Waals surface area contributed by atoms with Gasteiger partial charge in [-0.3, -0.25) is 4.79 Å². The number of hydrogen-bond acceptors (Lipinski definition) is 2. The predicted molar refractivity (Wildman–Crippen MR) is 93.6 cm³/mol. The zero-order valence-electron chi connectivity index (χ0n) is 12.9. The Morgan fingerprint density at radius 3 is 2.55 bits per heavy atom. The van der Waals surface area contributed by atoms with Gasteiger partial charge in [-0.1, -0.05) is 42.5 Å². The molecular formula is C18H23ClN2O. The van der Waals surface area contributed by atoms with Crippen LogP contribution in [0.4, 0.5) is 0 Å². The van der Waals surface area contributed by atoms with Crippen LogP contribution in [0.5, 0.6) is 0 Å². The van der Waals surface area contributed by atoms with Crippen molar-refractivity contribution in [2.75, 3.05) is 20.1 Å². The second-order valence-corrected chi connectivity index (χ2v) is 5.76. The fourth-order valence-electron chi connectivity index (χ4n) is 3.14. The Labute approximate surface area is 138 Å². The van der Waals surface area contributed by atoms with E-state index in [-0.39, 0.29) is 18.3 Å². The van der Waals surface area contributed by atoms with E-state index in [0.29, 0.717) is 12.5 Å². The Morgan fingerprint density at radius 1 is 1.14 bits per heavy atom. The normalized spacial score (nSPS) is 15.6. The van der Waals surface area contributed by atoms with Crippen molar-refractivity contribution in [3.05, 3.63) is 48.0 Å². The van der Waals surface area contributed by atoms with Crippen LogP contribution in [0.15, 0.2) is 42.5 Å². The van der Waals surface area contributed by atoms with E-state index >= 15 is 0 Å². The molecular weight excluding hydrogens is 296 g/mol. The lowest BCUT2D eigenvalue weighted by molar-refractivity contribution is -0.131. The third-order valence-electron chi connectivity index (χ3n) is 4.48. The highest BCUT2D eigenvalue weighted by Gasteiger charge is 2.22. The lowest BCUT2D eigenvalue weighted by Gasteiger charge is -2.32. The molecule has 1 amide bonds. The second kappa shape index (κ2) is 7.61. The molecule has 0 bridgehead atoms. The molecule has 0 atom stereocenters. The molecule has 1 fully saturated rings. The lowest BCUT2D eigenvalue weighted by Crippen LogP contribution is -2.44. The summed E-state index contributed by atoms with van der Waals surface area (Å²) in [6.45, 7) is 1.74. The van der Waals surface area contributed by atoms with Gasteiger partial charge in [0.1, 0.15) is 0 Å². The molecule has 0 spiro atoms. The minimum absolute atomic E-state index is 0. The van der Waals surface area contributed by atoms with Gasteiger partial charge in [0.15, 0.2) is 0 Å². The number of rotatable bonds is 3. The Kier molecular flexibility index (Phi) is 5.81. The van der Waals surface area contributed by atoms with Gasteiger partial charge >= 0.3 is 0 Å². The maximum Gasteiger partial charge on any atom is 0.227 e. The number of piperidine rings is 1. The van der Waals surface area contributed by atoms with Crippen molar-refractivity contribution in [1.82, 2.24) is 10.2 Å². The number of nitrogens with one attached hydrogen (secondary N) is 1. The summed E-state index contributed by atoms with van der Waals surface area (Å²) in [6, 6.07) is 15.0. The number of carbonyl (C=O) groups is 1. The molecule has 2 aromatic rings. The van der Waals surface area contributed by atoms with Crippen molar-refractivity contribution in [2.24, 2.45) is 0 Å². The van der Waals surface area contributed by atoms with Gasteiger partial charge < -0.3 is 10.2 Å². The monoisotopic (exact) mass is 318 g/mol. The summed E-state index contributed by atoms with van der Waals surface area (Å²) >= 11 is 0. The molecule has 3 nitrogen and oxygen atoms in total. The van der Waals surface area contributed by atoms with E-state index in [0.717, 1.165) is 31.5 Å². The van der Waals surface area contributed by atoms with Crippen molar-refractivity contribution in [1.29, 1.82) is 0 Å². The fraction of sp³-hybridized carbons (Fsp3) is 0.389. The number of hydrogen-bond donors (Lipinski definition) is 1. The van der Waals surface area contributed by atoms with Crippen molar-refractivity contribution in [2.45, 2.75) is 25.3 Å². The van der Waals surface area contributed by atoms with Crippen molar-refractivity contribution < 1.29 is 4.79 Å². The van der Waals surface area contributed by atoms with Gasteiger partial charge in [0.2, 0.25) is 5.91 Å². The van der Waals surface area contributed by atoms with Crippen LogP contribution in [0.1, 0.15) is 18.4 Å². The second-order valence-electron chi connectivity index (χ2n) is 5.76. The van der Waals surface area contributed by atoms with Crippen molar-refractivity contribution in [3.63, 3.8) is 0 Å². The van der Waals surface area contributed by atoms with Gasteiger partial charge in [0, 0.05) is 19.1 Å². The number of likely N-dealkylation sites (tertiary alicyclic amines) is 1. The molecule has 1 heterocycles. The van der Waals surface area contributed by atoms with Crippen molar-refractivity contribution >= 4 is 29.1 Å². The largest absolute Gasteiger partial charge is 0.342 e. The number of carbonyl (C=O) groups excluding carboxylic acids is 1. The maximum absolute atomic E-state index is 12.5. The Hall–Kier alpha value is -1.58. The Bertz CT molecular complexity index is 631. The molecule has 1 saturated heterocycles. The first-order valence-electron chi connectivity index (χ1n) is 7.69. The fourth-order valence-corrected chi connectivity index (χ4v) is 3.14. The third kappa shape index (κ3) is 3.60. The summed E-state index contributed by atoms with van der Waals surface area (Å²) in [5, 5.41) is 5.70. The molecule has 2 aromatic carbocycles. The molecule has 0 aromatic heterocycles. The van der Waals surface area contributed by atoms with Gasteiger partial charge in [-0.15, -0.1) is 12.4 Å². The molecule has 3 rings (SSSR count). The van der Waals surface area contributed by atoms with Crippen molar-refractivity contribution in [3.8, 4) is 0 Å². The quantitative estimate of drug-likeness (QED) is 0.943. The predicted octanol–water partition coefficient (Wildman–Crippen LogP) is 3.01. The Balaban J connectivity index is 0.00000176. The molecule has 1 aliphatic rings. The molecule has 22 heavy (non-hydrogen) atoms. The summed E-state index contributed by atoms with van der Waals surface area (Å²) in [6.07, 6.45) is 2.61. The standard InChI is InChI=1S/C18H22N2O.ClH/c1-19-16-9-11-20(12-10-16)18(21)13-15-7-4-6-14-5-2-3-8-17(14)15;/h2-8,16,19H,9-13H2,1H3;1H. The van der Waals surface area contributed by atoms with Crippen LogP contribution in [0, 0.1) is 0 Å². The van der Waals surface area contributed by atoms with Crippen LogP contribution in [0.2, 0.25) is 0 Å². The summed E-state index contributed by atoms with van der Waals surface area (Å²) < 4.78 is 0. The first-order valence-corrected chi connectivity index (χ1v) is 7.69. The van der Waals surface area contributed by atoms with E-state index in [1.165, 1.54) is 10.8 Å². The number of nitrogens with zero attached hydrogens (tertiary/aromatic N) is 1. The molecule has 0 radical (unpaired) electrons. The SMILES string of the molecule is CNC1CCN(C(=O)Cc2cccc3ccccc23)CC1.Cl. The van der Waals surface area contributed by atoms with Gasteiger partial charge in [-0.05, 0) is 36.2 Å². The van der Waals surface area contributed by atoms with E-state index in [4.69, 9.17) is 0 Å². The smallest absolute Gasteiger partial charge is 0.227 e. The number of fused-ring (bicyclic) bond motifs is 1. The van der Waals surface area contributed by atoms with Crippen LogP contribution in [-0.2, 0) is 11.2 Å². The van der Waals surface area contributed by atoms with E-state index < -0.39 is 0 Å². The first kappa shape index (κ1) is 16.8. The third-order valence-corrected chi connectivity index (χ3v) is 4.48. The van der Waals surface area contributed by atoms with Gasteiger partial charge in [0.25, 0.3) is 0 Å². The van der Waals surface area contributed by atoms with Gasteiger partial charge in [0.05, 0.1) is 6.42 Å². The summed E-state index contributed by atoms with van der Waals surface area (Å²) in [5.74, 6) is 0.251. The Morgan fingerprint density at radius 2 is 1.82 bits per heavy atom. The number of halogens is 1. The highest BCUT2D eigenvalue weighted by atomic mass is 35.5. The molecule has 118 valence electrons. The molecule has 0 aliphatic carbocycles. The number of amides is 1. The van der Waals surface area contributed by atoms with E-state index in [1.807, 2.05) is 30.1 Å². The summed E-state index contributed by atoms with van der Waals surface area (Å²) in [7, 11) is 2.00. The zero-order valence-corrected chi connectivity index (χ0v) is 13.7. The minimum atomic E-state index is 0. The minimum Gasteiger partial charge on any atom is -0.342 e. The average Bonchev–Trinajstić information content (AvgIpc) is 2.55. The highest BCUT2D eigenvalue weighted by Crippen LogP contribution is 2.20. The lowest BCUT2D eigenvalue weighted by atomic mass is 10.0. The molecule has 1 aliphatic heterocycles. The van der Waals surface area contributed by atoms with Crippen LogP contribution in [0.3, 0.4) is 0 Å².